The Hall–Kier alpha value is -1.96. The molecule has 156 valence electrons. The van der Waals surface area contributed by atoms with E-state index in [1.807, 2.05) is 6.20 Å². The van der Waals surface area contributed by atoms with Crippen molar-refractivity contribution in [2.45, 2.75) is 44.1 Å². The number of H-pyrrole nitrogens is 1. The number of thioether (sulfide) groups is 1. The predicted octanol–water partition coefficient (Wildman–Crippen LogP) is 2.83. The number of para-hydroxylation sites is 1. The minimum absolute atomic E-state index is 0.145. The molecular weight excluding hydrogens is 382 g/mol. The average Bonchev–Trinajstić information content (AvgIpc) is 3.37. The number of rotatable bonds is 8. The van der Waals surface area contributed by atoms with E-state index < -0.39 is 0 Å². The number of unbranched alkanes of at least 4 members (excludes halogenated alkanes) is 1. The third-order valence-electron chi connectivity index (χ3n) is 5.90. The van der Waals surface area contributed by atoms with E-state index >= 15 is 0 Å². The molecule has 6 nitrogen and oxygen atoms in total. The molecule has 4 N–H and O–H groups in total. The lowest BCUT2D eigenvalue weighted by Crippen LogP contribution is -2.53. The normalized spacial score (nSPS) is 21.5. The monoisotopic (exact) mass is 413 g/mol. The third kappa shape index (κ3) is 4.47. The summed E-state index contributed by atoms with van der Waals surface area (Å²) in [6, 6.07) is 8.81. The van der Waals surface area contributed by atoms with Crippen LogP contribution >= 0.6 is 11.8 Å². The van der Waals surface area contributed by atoms with Crippen molar-refractivity contribution in [1.82, 2.24) is 20.1 Å². The van der Waals surface area contributed by atoms with Gasteiger partial charge < -0.3 is 20.9 Å². The molecule has 1 amide bonds. The summed E-state index contributed by atoms with van der Waals surface area (Å²) in [5.41, 5.74) is 8.34. The molecule has 29 heavy (non-hydrogen) atoms. The molecule has 7 heteroatoms. The summed E-state index contributed by atoms with van der Waals surface area (Å²) in [5.74, 6) is -0.320. The van der Waals surface area contributed by atoms with Gasteiger partial charge in [0.15, 0.2) is 0 Å². The van der Waals surface area contributed by atoms with Crippen LogP contribution in [0.15, 0.2) is 41.6 Å². The second-order valence-corrected chi connectivity index (χ2v) is 8.99. The molecule has 0 saturated carbocycles. The van der Waals surface area contributed by atoms with Gasteiger partial charge in [0, 0.05) is 55.5 Å². The van der Waals surface area contributed by atoms with Crippen LogP contribution in [-0.4, -0.2) is 58.4 Å². The van der Waals surface area contributed by atoms with Gasteiger partial charge in [0.05, 0.1) is 4.91 Å². The summed E-state index contributed by atoms with van der Waals surface area (Å²) >= 11 is 1.61. The van der Waals surface area contributed by atoms with Gasteiger partial charge in [-0.05, 0) is 24.5 Å². The number of hydrogen-bond donors (Lipinski definition) is 3. The Morgan fingerprint density at radius 3 is 2.86 bits per heavy atom. The molecule has 0 aliphatic carbocycles. The summed E-state index contributed by atoms with van der Waals surface area (Å²) in [5, 5.41) is 4.72. The lowest BCUT2D eigenvalue weighted by Gasteiger charge is -2.41. The van der Waals surface area contributed by atoms with E-state index in [2.05, 4.69) is 57.5 Å². The lowest BCUT2D eigenvalue weighted by molar-refractivity contribution is -0.113. The number of hydrogen-bond acceptors (Lipinski definition) is 5. The van der Waals surface area contributed by atoms with E-state index in [0.29, 0.717) is 10.9 Å². The summed E-state index contributed by atoms with van der Waals surface area (Å²) in [6.07, 6.45) is 8.55. The first kappa shape index (κ1) is 20.3. The van der Waals surface area contributed by atoms with Crippen LogP contribution in [0.25, 0.3) is 10.9 Å². The Labute approximate surface area is 176 Å². The fraction of sp³-hybridized carbons (Fsp3) is 0.500. The molecule has 1 fully saturated rings. The van der Waals surface area contributed by atoms with Gasteiger partial charge in [-0.2, -0.15) is 0 Å². The molecule has 2 aliphatic rings. The van der Waals surface area contributed by atoms with E-state index in [4.69, 9.17) is 5.73 Å². The van der Waals surface area contributed by atoms with Gasteiger partial charge in [-0.3, -0.25) is 9.69 Å². The highest BCUT2D eigenvalue weighted by atomic mass is 32.2. The number of amides is 1. The fourth-order valence-corrected chi connectivity index (χ4v) is 5.57. The highest BCUT2D eigenvalue weighted by molar-refractivity contribution is 8.04. The Bertz CT molecular complexity index is 873. The fourth-order valence-electron chi connectivity index (χ4n) is 4.33. The summed E-state index contributed by atoms with van der Waals surface area (Å²) in [4.78, 5) is 20.9. The van der Waals surface area contributed by atoms with Gasteiger partial charge in [0.1, 0.15) is 5.50 Å². The zero-order valence-electron chi connectivity index (χ0n) is 17.1. The molecule has 2 unspecified atom stereocenters. The minimum atomic E-state index is -0.320. The maximum absolute atomic E-state index is 12.0. The molecule has 3 heterocycles. The largest absolute Gasteiger partial charge is 0.365 e. The number of piperazine rings is 1. The number of carbonyl (C=O) groups is 1. The minimum Gasteiger partial charge on any atom is -0.365 e. The molecule has 0 bridgehead atoms. The van der Waals surface area contributed by atoms with Gasteiger partial charge in [-0.1, -0.05) is 49.7 Å². The predicted molar refractivity (Wildman–Crippen MR) is 120 cm³/mol. The van der Waals surface area contributed by atoms with Crippen molar-refractivity contribution in [2.24, 2.45) is 5.73 Å². The second kappa shape index (κ2) is 9.24. The smallest absolute Gasteiger partial charge is 0.256 e. The molecular formula is C22H31N5OS. The summed E-state index contributed by atoms with van der Waals surface area (Å²) in [7, 11) is 0. The number of primary amides is 1. The van der Waals surface area contributed by atoms with E-state index in [-0.39, 0.29) is 11.4 Å². The van der Waals surface area contributed by atoms with Crippen LogP contribution in [-0.2, 0) is 11.2 Å². The zero-order chi connectivity index (χ0) is 20.2. The highest BCUT2D eigenvalue weighted by Crippen LogP contribution is 2.38. The lowest BCUT2D eigenvalue weighted by atomic mass is 9.99. The van der Waals surface area contributed by atoms with Crippen molar-refractivity contribution in [3.05, 3.63) is 47.1 Å². The number of nitrogens with one attached hydrogen (secondary N) is 2. The SMILES string of the molecule is CCCCC(Cc1c[nH]c2ccccc12)N1C=C(C(N)=O)SC1N1CCNCC1. The van der Waals surface area contributed by atoms with Crippen LogP contribution < -0.4 is 11.1 Å². The molecule has 0 radical (unpaired) electrons. The van der Waals surface area contributed by atoms with Gasteiger partial charge in [0.2, 0.25) is 0 Å². The first-order chi connectivity index (χ1) is 14.2. The molecule has 2 atom stereocenters. The van der Waals surface area contributed by atoms with Crippen molar-refractivity contribution < 1.29 is 4.79 Å². The Morgan fingerprint density at radius 1 is 1.31 bits per heavy atom. The van der Waals surface area contributed by atoms with Crippen molar-refractivity contribution >= 4 is 28.6 Å². The van der Waals surface area contributed by atoms with Crippen molar-refractivity contribution in [2.75, 3.05) is 26.2 Å². The topological polar surface area (TPSA) is 77.4 Å². The van der Waals surface area contributed by atoms with Gasteiger partial charge >= 0.3 is 0 Å². The Kier molecular flexibility index (Phi) is 6.47. The molecule has 1 saturated heterocycles. The molecule has 2 aliphatic heterocycles. The van der Waals surface area contributed by atoms with Crippen molar-refractivity contribution in [1.29, 1.82) is 0 Å². The van der Waals surface area contributed by atoms with Crippen LogP contribution in [0.2, 0.25) is 0 Å². The standard InChI is InChI=1S/C22H31N5OS/c1-2-3-6-17(13-16-14-25-19-8-5-4-7-18(16)19)27-15-20(21(23)28)29-22(27)26-11-9-24-10-12-26/h4-5,7-8,14-15,17,22,24-25H,2-3,6,9-13H2,1H3,(H2,23,28). The zero-order valence-corrected chi connectivity index (χ0v) is 17.9. The van der Waals surface area contributed by atoms with E-state index in [1.54, 1.807) is 11.8 Å². The maximum Gasteiger partial charge on any atom is 0.256 e. The van der Waals surface area contributed by atoms with E-state index in [1.165, 1.54) is 22.9 Å². The molecule has 4 rings (SSSR count). The van der Waals surface area contributed by atoms with Crippen LogP contribution in [0.5, 0.6) is 0 Å². The Morgan fingerprint density at radius 2 is 2.10 bits per heavy atom. The number of fused-ring (bicyclic) bond motifs is 1. The Balaban J connectivity index is 1.62. The average molecular weight is 414 g/mol. The van der Waals surface area contributed by atoms with Crippen molar-refractivity contribution in [3.8, 4) is 0 Å². The number of carbonyl (C=O) groups excluding carboxylic acids is 1. The number of aromatic nitrogens is 1. The summed E-state index contributed by atoms with van der Waals surface area (Å²) < 4.78 is 0. The maximum atomic E-state index is 12.0. The van der Waals surface area contributed by atoms with Crippen molar-refractivity contribution in [3.63, 3.8) is 0 Å². The number of nitrogens with two attached hydrogens (primary N) is 1. The second-order valence-electron chi connectivity index (χ2n) is 7.89. The van der Waals surface area contributed by atoms with E-state index in [9.17, 15) is 4.79 Å². The van der Waals surface area contributed by atoms with Crippen LogP contribution in [0.1, 0.15) is 31.7 Å². The first-order valence-electron chi connectivity index (χ1n) is 10.6. The highest BCUT2D eigenvalue weighted by Gasteiger charge is 2.37. The van der Waals surface area contributed by atoms with Gasteiger partial charge in [0.25, 0.3) is 5.91 Å². The first-order valence-corrected chi connectivity index (χ1v) is 11.5. The molecule has 1 aromatic heterocycles. The van der Waals surface area contributed by atoms with Gasteiger partial charge in [-0.25, -0.2) is 0 Å². The van der Waals surface area contributed by atoms with Gasteiger partial charge in [-0.15, -0.1) is 0 Å². The van der Waals surface area contributed by atoms with Crippen LogP contribution in [0.4, 0.5) is 0 Å². The number of benzene rings is 1. The van der Waals surface area contributed by atoms with Crippen LogP contribution in [0, 0.1) is 0 Å². The van der Waals surface area contributed by atoms with E-state index in [0.717, 1.165) is 45.4 Å². The number of aromatic amines is 1. The summed E-state index contributed by atoms with van der Waals surface area (Å²) in [6.45, 7) is 6.18. The molecule has 2 aromatic rings. The molecule has 1 aromatic carbocycles. The molecule has 0 spiro atoms. The quantitative estimate of drug-likeness (QED) is 0.620. The number of nitrogens with zero attached hydrogens (tertiary/aromatic N) is 2. The third-order valence-corrected chi connectivity index (χ3v) is 7.22. The van der Waals surface area contributed by atoms with Crippen LogP contribution in [0.3, 0.4) is 0 Å².